The van der Waals surface area contributed by atoms with Gasteiger partial charge in [0.25, 0.3) is 0 Å². The van der Waals surface area contributed by atoms with Crippen LogP contribution in [0.1, 0.15) is 29.3 Å². The fourth-order valence-corrected chi connectivity index (χ4v) is 5.38. The van der Waals surface area contributed by atoms with Crippen LogP contribution in [0.15, 0.2) is 65.6 Å². The van der Waals surface area contributed by atoms with Crippen molar-refractivity contribution < 1.29 is 13.2 Å². The van der Waals surface area contributed by atoms with Gasteiger partial charge in [-0.2, -0.15) is 0 Å². The molecule has 1 amide bonds. The number of thiazole rings is 1. The Hall–Kier alpha value is -2.51. The molecule has 2 atom stereocenters. The second-order valence-corrected chi connectivity index (χ2v) is 10.4. The lowest BCUT2D eigenvalue weighted by atomic mass is 9.82. The molecular weight excluding hydrogens is 404 g/mol. The summed E-state index contributed by atoms with van der Waals surface area (Å²) in [6.07, 6.45) is 6.88. The summed E-state index contributed by atoms with van der Waals surface area (Å²) in [6, 6.07) is 14.7. The maximum Gasteiger partial charge on any atom is 0.224 e. The fraction of sp³-hybridized carbons (Fsp3) is 0.273. The molecule has 7 heteroatoms. The molecule has 2 aromatic carbocycles. The first-order chi connectivity index (χ1) is 13.9. The Kier molecular flexibility index (Phi) is 5.52. The SMILES string of the molecule is CS(=O)(=O)c1ccc(CNC(=O)[C@@H]2CC=CC[C@H]2c2nc3ccccc3s2)cc1. The van der Waals surface area contributed by atoms with Crippen LogP contribution in [0.5, 0.6) is 0 Å². The van der Waals surface area contributed by atoms with Crippen molar-refractivity contribution in [2.75, 3.05) is 6.26 Å². The minimum absolute atomic E-state index is 0.00537. The molecule has 3 aromatic rings. The van der Waals surface area contributed by atoms with Crippen molar-refractivity contribution in [3.63, 3.8) is 0 Å². The predicted molar refractivity (Wildman–Crippen MR) is 116 cm³/mol. The van der Waals surface area contributed by atoms with Crippen LogP contribution >= 0.6 is 11.3 Å². The van der Waals surface area contributed by atoms with Crippen LogP contribution in [0, 0.1) is 5.92 Å². The number of carbonyl (C=O) groups is 1. The minimum atomic E-state index is -3.22. The van der Waals surface area contributed by atoms with Gasteiger partial charge in [-0.3, -0.25) is 4.79 Å². The first-order valence-electron chi connectivity index (χ1n) is 9.49. The fourth-order valence-electron chi connectivity index (χ4n) is 3.60. The summed E-state index contributed by atoms with van der Waals surface area (Å²) in [6.45, 7) is 0.371. The smallest absolute Gasteiger partial charge is 0.224 e. The summed E-state index contributed by atoms with van der Waals surface area (Å²) >= 11 is 1.66. The molecule has 0 saturated heterocycles. The summed E-state index contributed by atoms with van der Waals surface area (Å²) in [5.41, 5.74) is 1.85. The number of hydrogen-bond acceptors (Lipinski definition) is 5. The molecule has 29 heavy (non-hydrogen) atoms. The van der Waals surface area contributed by atoms with Crippen LogP contribution in [-0.4, -0.2) is 25.6 Å². The number of carbonyl (C=O) groups excluding carboxylic acids is 1. The van der Waals surface area contributed by atoms with Gasteiger partial charge in [0.1, 0.15) is 0 Å². The number of hydrogen-bond donors (Lipinski definition) is 1. The zero-order chi connectivity index (χ0) is 20.4. The molecule has 1 aromatic heterocycles. The maximum absolute atomic E-state index is 12.9. The van der Waals surface area contributed by atoms with E-state index in [9.17, 15) is 13.2 Å². The van der Waals surface area contributed by atoms with Crippen LogP contribution in [0.3, 0.4) is 0 Å². The van der Waals surface area contributed by atoms with Gasteiger partial charge in [-0.1, -0.05) is 36.4 Å². The Balaban J connectivity index is 1.47. The lowest BCUT2D eigenvalue weighted by Crippen LogP contribution is -2.34. The summed E-state index contributed by atoms with van der Waals surface area (Å²) in [5, 5.41) is 4.02. The Morgan fingerprint density at radius 3 is 2.55 bits per heavy atom. The zero-order valence-corrected chi connectivity index (χ0v) is 17.7. The Labute approximate surface area is 174 Å². The number of amides is 1. The highest BCUT2D eigenvalue weighted by Gasteiger charge is 2.32. The highest BCUT2D eigenvalue weighted by molar-refractivity contribution is 7.90. The molecule has 150 valence electrons. The average molecular weight is 427 g/mol. The van der Waals surface area contributed by atoms with Crippen LogP contribution in [-0.2, 0) is 21.2 Å². The van der Waals surface area contributed by atoms with Gasteiger partial charge in [-0.15, -0.1) is 11.3 Å². The topological polar surface area (TPSA) is 76.1 Å². The largest absolute Gasteiger partial charge is 0.352 e. The highest BCUT2D eigenvalue weighted by Crippen LogP contribution is 2.38. The molecule has 0 aliphatic heterocycles. The number of nitrogens with zero attached hydrogens (tertiary/aromatic N) is 1. The molecule has 4 rings (SSSR count). The van der Waals surface area contributed by atoms with E-state index in [2.05, 4.69) is 23.5 Å². The lowest BCUT2D eigenvalue weighted by molar-refractivity contribution is -0.125. The number of aromatic nitrogens is 1. The van der Waals surface area contributed by atoms with E-state index in [1.807, 2.05) is 18.2 Å². The molecule has 1 aliphatic rings. The van der Waals surface area contributed by atoms with E-state index in [0.29, 0.717) is 13.0 Å². The normalized spacial score (nSPS) is 19.3. The number of para-hydroxylation sites is 1. The molecule has 0 saturated carbocycles. The van der Waals surface area contributed by atoms with E-state index >= 15 is 0 Å². The van der Waals surface area contributed by atoms with Crippen molar-refractivity contribution in [3.8, 4) is 0 Å². The van der Waals surface area contributed by atoms with E-state index in [-0.39, 0.29) is 22.6 Å². The molecule has 1 N–H and O–H groups in total. The number of rotatable bonds is 5. The summed E-state index contributed by atoms with van der Waals surface area (Å²) in [7, 11) is -3.22. The van der Waals surface area contributed by atoms with Crippen LogP contribution in [0.25, 0.3) is 10.2 Å². The van der Waals surface area contributed by atoms with Crippen molar-refractivity contribution in [1.29, 1.82) is 0 Å². The molecule has 1 heterocycles. The van der Waals surface area contributed by atoms with Crippen LogP contribution in [0.4, 0.5) is 0 Å². The monoisotopic (exact) mass is 426 g/mol. The molecular formula is C22H22N2O3S2. The van der Waals surface area contributed by atoms with Gasteiger partial charge in [0.2, 0.25) is 5.91 Å². The van der Waals surface area contributed by atoms with Gasteiger partial charge in [-0.05, 0) is 42.7 Å². The molecule has 0 unspecified atom stereocenters. The lowest BCUT2D eigenvalue weighted by Gasteiger charge is -2.26. The Morgan fingerprint density at radius 1 is 1.10 bits per heavy atom. The standard InChI is InChI=1S/C22H22N2O3S2/c1-29(26,27)16-12-10-15(11-13-16)14-23-21(25)17-6-2-3-7-18(17)22-24-19-8-4-5-9-20(19)28-22/h2-5,8-13,17-18H,6-7,14H2,1H3,(H,23,25)/t17-,18-/m1/s1. The minimum Gasteiger partial charge on any atom is -0.352 e. The van der Waals surface area contributed by atoms with E-state index in [1.165, 1.54) is 6.26 Å². The van der Waals surface area contributed by atoms with E-state index in [1.54, 1.807) is 35.6 Å². The summed E-state index contributed by atoms with van der Waals surface area (Å²) < 4.78 is 24.3. The van der Waals surface area contributed by atoms with Gasteiger partial charge < -0.3 is 5.32 Å². The summed E-state index contributed by atoms with van der Waals surface area (Å²) in [5.74, 6) is -0.0772. The number of fused-ring (bicyclic) bond motifs is 1. The summed E-state index contributed by atoms with van der Waals surface area (Å²) in [4.78, 5) is 18.0. The van der Waals surface area contributed by atoms with Crippen molar-refractivity contribution in [1.82, 2.24) is 10.3 Å². The van der Waals surface area contributed by atoms with Gasteiger partial charge >= 0.3 is 0 Å². The third-order valence-corrected chi connectivity index (χ3v) is 7.51. The van der Waals surface area contributed by atoms with Crippen molar-refractivity contribution in [2.24, 2.45) is 5.92 Å². The van der Waals surface area contributed by atoms with Gasteiger partial charge in [-0.25, -0.2) is 13.4 Å². The third kappa shape index (κ3) is 4.41. The molecule has 0 fully saturated rings. The van der Waals surface area contributed by atoms with Gasteiger partial charge in [0.05, 0.1) is 26.0 Å². The van der Waals surface area contributed by atoms with Crippen LogP contribution in [0.2, 0.25) is 0 Å². The van der Waals surface area contributed by atoms with Crippen molar-refractivity contribution in [2.45, 2.75) is 30.2 Å². The van der Waals surface area contributed by atoms with Crippen molar-refractivity contribution in [3.05, 3.63) is 71.3 Å². The molecule has 0 radical (unpaired) electrons. The van der Waals surface area contributed by atoms with Crippen LogP contribution < -0.4 is 5.32 Å². The quantitative estimate of drug-likeness (QED) is 0.624. The predicted octanol–water partition coefficient (Wildman–Crippen LogP) is 4.07. The number of allylic oxidation sites excluding steroid dienone is 2. The number of nitrogens with one attached hydrogen (secondary N) is 1. The third-order valence-electron chi connectivity index (χ3n) is 5.22. The Bertz CT molecular complexity index is 1130. The number of sulfone groups is 1. The molecule has 0 bridgehead atoms. The van der Waals surface area contributed by atoms with Crippen molar-refractivity contribution >= 4 is 37.3 Å². The van der Waals surface area contributed by atoms with E-state index in [0.717, 1.165) is 27.2 Å². The zero-order valence-electron chi connectivity index (χ0n) is 16.0. The molecule has 1 aliphatic carbocycles. The first kappa shape index (κ1) is 19.8. The second-order valence-electron chi connectivity index (χ2n) is 7.31. The number of benzene rings is 2. The van der Waals surface area contributed by atoms with E-state index in [4.69, 9.17) is 4.98 Å². The maximum atomic E-state index is 12.9. The Morgan fingerprint density at radius 2 is 1.83 bits per heavy atom. The highest BCUT2D eigenvalue weighted by atomic mass is 32.2. The van der Waals surface area contributed by atoms with Gasteiger partial charge in [0.15, 0.2) is 9.84 Å². The van der Waals surface area contributed by atoms with E-state index < -0.39 is 9.84 Å². The second kappa shape index (κ2) is 8.08. The van der Waals surface area contributed by atoms with Gasteiger partial charge in [0, 0.05) is 18.7 Å². The first-order valence-corrected chi connectivity index (χ1v) is 12.2. The average Bonchev–Trinajstić information content (AvgIpc) is 3.16. The molecule has 0 spiro atoms. The molecule has 5 nitrogen and oxygen atoms in total.